The van der Waals surface area contributed by atoms with Gasteiger partial charge >= 0.3 is 12.1 Å². The van der Waals surface area contributed by atoms with Crippen LogP contribution in [0.5, 0.6) is 0 Å². The van der Waals surface area contributed by atoms with E-state index in [9.17, 15) is 14.4 Å². The molecule has 0 saturated heterocycles. The van der Waals surface area contributed by atoms with Gasteiger partial charge in [0, 0.05) is 12.5 Å². The topological polar surface area (TPSA) is 95.9 Å². The molecule has 170 valence electrons. The van der Waals surface area contributed by atoms with Crippen LogP contribution >= 0.6 is 0 Å². The van der Waals surface area contributed by atoms with Crippen molar-refractivity contribution in [3.8, 4) is 11.1 Å². The first-order valence-corrected chi connectivity index (χ1v) is 10.9. The Morgan fingerprint density at radius 3 is 2.09 bits per heavy atom. The molecule has 2 aromatic rings. The number of aliphatic carboxylic acids is 1. The quantitative estimate of drug-likeness (QED) is 0.620. The highest BCUT2D eigenvalue weighted by atomic mass is 16.5. The maximum absolute atomic E-state index is 12.9. The summed E-state index contributed by atoms with van der Waals surface area (Å²) in [4.78, 5) is 37.8. The Balaban J connectivity index is 1.66. The summed E-state index contributed by atoms with van der Waals surface area (Å²) in [7, 11) is 0. The molecule has 0 bridgehead atoms. The second-order valence-corrected chi connectivity index (χ2v) is 8.44. The number of hydrogen-bond donors (Lipinski definition) is 2. The number of nitrogens with one attached hydrogen (secondary N) is 1. The Kier molecular flexibility index (Phi) is 7.51. The molecule has 2 N–H and O–H groups in total. The molecule has 7 heteroatoms. The summed E-state index contributed by atoms with van der Waals surface area (Å²) >= 11 is 0. The van der Waals surface area contributed by atoms with Gasteiger partial charge in [-0.05, 0) is 34.6 Å². The van der Waals surface area contributed by atoms with Gasteiger partial charge in [-0.25, -0.2) is 4.79 Å². The Morgan fingerprint density at radius 2 is 1.59 bits per heavy atom. The molecule has 1 atom stereocenters. The van der Waals surface area contributed by atoms with Gasteiger partial charge in [-0.15, -0.1) is 0 Å². The zero-order valence-electron chi connectivity index (χ0n) is 18.7. The lowest BCUT2D eigenvalue weighted by molar-refractivity contribution is -0.145. The molecule has 3 rings (SSSR count). The minimum Gasteiger partial charge on any atom is -0.480 e. The second-order valence-electron chi connectivity index (χ2n) is 8.44. The molecule has 0 heterocycles. The molecule has 0 radical (unpaired) electrons. The number of carbonyl (C=O) groups is 3. The van der Waals surface area contributed by atoms with Crippen molar-refractivity contribution in [2.24, 2.45) is 5.92 Å². The average molecular weight is 439 g/mol. The van der Waals surface area contributed by atoms with Gasteiger partial charge < -0.3 is 20.1 Å². The third-order valence-corrected chi connectivity index (χ3v) is 5.57. The van der Waals surface area contributed by atoms with Crippen LogP contribution in [0.2, 0.25) is 0 Å². The predicted molar refractivity (Wildman–Crippen MR) is 121 cm³/mol. The number of amides is 2. The summed E-state index contributed by atoms with van der Waals surface area (Å²) in [5, 5.41) is 11.8. The van der Waals surface area contributed by atoms with Crippen LogP contribution in [-0.4, -0.2) is 53.7 Å². The number of ether oxygens (including phenoxy) is 1. The molecule has 1 aliphatic carbocycles. The van der Waals surface area contributed by atoms with Crippen LogP contribution in [0.4, 0.5) is 4.79 Å². The van der Waals surface area contributed by atoms with Crippen LogP contribution in [0.3, 0.4) is 0 Å². The van der Waals surface area contributed by atoms with Crippen molar-refractivity contribution in [3.63, 3.8) is 0 Å². The Hall–Kier alpha value is -3.35. The van der Waals surface area contributed by atoms with Crippen LogP contribution in [0.1, 0.15) is 44.2 Å². The Labute approximate surface area is 188 Å². The number of alkyl carbamates (subject to hydrolysis) is 1. The molecule has 0 unspecified atom stereocenters. The molecule has 0 fully saturated rings. The maximum Gasteiger partial charge on any atom is 0.407 e. The fourth-order valence-electron chi connectivity index (χ4n) is 4.18. The lowest BCUT2D eigenvalue weighted by atomic mass is 9.98. The summed E-state index contributed by atoms with van der Waals surface area (Å²) in [5.41, 5.74) is 4.48. The third-order valence-electron chi connectivity index (χ3n) is 5.57. The maximum atomic E-state index is 12.9. The molecule has 1 aliphatic rings. The summed E-state index contributed by atoms with van der Waals surface area (Å²) in [5.74, 6) is -1.48. The van der Waals surface area contributed by atoms with Gasteiger partial charge in [-0.1, -0.05) is 69.3 Å². The number of benzene rings is 2. The van der Waals surface area contributed by atoms with Crippen molar-refractivity contribution >= 4 is 18.0 Å². The highest BCUT2D eigenvalue weighted by Gasteiger charge is 2.30. The fourth-order valence-corrected chi connectivity index (χ4v) is 4.18. The van der Waals surface area contributed by atoms with Gasteiger partial charge in [-0.2, -0.15) is 0 Å². The monoisotopic (exact) mass is 438 g/mol. The summed E-state index contributed by atoms with van der Waals surface area (Å²) in [6.07, 6.45) is -0.357. The lowest BCUT2D eigenvalue weighted by Crippen LogP contribution is -2.50. The summed E-state index contributed by atoms with van der Waals surface area (Å²) in [6, 6.07) is 15.3. The predicted octanol–water partition coefficient (Wildman–Crippen LogP) is 3.87. The van der Waals surface area contributed by atoms with Gasteiger partial charge in [0.1, 0.15) is 19.2 Å². The third kappa shape index (κ3) is 5.28. The van der Waals surface area contributed by atoms with E-state index in [1.165, 1.54) is 4.90 Å². The number of carboxylic acids is 1. The van der Waals surface area contributed by atoms with Crippen molar-refractivity contribution in [2.75, 3.05) is 19.7 Å². The summed E-state index contributed by atoms with van der Waals surface area (Å²) < 4.78 is 5.53. The van der Waals surface area contributed by atoms with E-state index in [0.717, 1.165) is 22.3 Å². The van der Waals surface area contributed by atoms with Crippen molar-refractivity contribution < 1.29 is 24.2 Å². The van der Waals surface area contributed by atoms with Crippen LogP contribution in [0.15, 0.2) is 48.5 Å². The van der Waals surface area contributed by atoms with Crippen LogP contribution in [0, 0.1) is 5.92 Å². The Morgan fingerprint density at radius 1 is 1.03 bits per heavy atom. The SMILES string of the molecule is CC[C@H](NC(=O)OCC1c2ccccc2-c2ccccc21)C(=O)N(CC(=O)O)CC(C)C. The number of carbonyl (C=O) groups excluding carboxylic acids is 2. The van der Waals surface area contributed by atoms with E-state index in [2.05, 4.69) is 17.4 Å². The van der Waals surface area contributed by atoms with Gasteiger partial charge in [-0.3, -0.25) is 9.59 Å². The van der Waals surface area contributed by atoms with E-state index < -0.39 is 30.6 Å². The van der Waals surface area contributed by atoms with E-state index in [-0.39, 0.29) is 18.4 Å². The van der Waals surface area contributed by atoms with Gasteiger partial charge in [0.15, 0.2) is 0 Å². The Bertz CT molecular complexity index is 942. The molecule has 0 spiro atoms. The standard InChI is InChI=1S/C25H30N2O5/c1-4-22(24(30)27(13-16(2)3)14-23(28)29)26-25(31)32-15-21-19-11-7-5-9-17(19)18-10-6-8-12-20(18)21/h5-12,16,21-22H,4,13-15H2,1-3H3,(H,26,31)(H,28,29)/t22-/m0/s1. The van der Waals surface area contributed by atoms with E-state index in [4.69, 9.17) is 9.84 Å². The number of hydrogen-bond acceptors (Lipinski definition) is 4. The smallest absolute Gasteiger partial charge is 0.407 e. The minimum absolute atomic E-state index is 0.0756. The molecule has 2 aromatic carbocycles. The van der Waals surface area contributed by atoms with Crippen LogP contribution < -0.4 is 5.32 Å². The lowest BCUT2D eigenvalue weighted by Gasteiger charge is -2.27. The zero-order valence-corrected chi connectivity index (χ0v) is 18.7. The van der Waals surface area contributed by atoms with Crippen molar-refractivity contribution in [3.05, 3.63) is 59.7 Å². The van der Waals surface area contributed by atoms with Crippen LogP contribution in [0.25, 0.3) is 11.1 Å². The normalized spacial score (nSPS) is 13.2. The number of fused-ring (bicyclic) bond motifs is 3. The number of rotatable bonds is 9. The molecule has 7 nitrogen and oxygen atoms in total. The molecule has 0 aromatic heterocycles. The molecule has 0 aliphatic heterocycles. The van der Waals surface area contributed by atoms with Gasteiger partial charge in [0.05, 0.1) is 0 Å². The first kappa shape index (κ1) is 23.3. The first-order valence-electron chi connectivity index (χ1n) is 10.9. The van der Waals surface area contributed by atoms with Crippen LogP contribution in [-0.2, 0) is 14.3 Å². The first-order chi connectivity index (χ1) is 15.3. The second kappa shape index (κ2) is 10.3. The highest BCUT2D eigenvalue weighted by Crippen LogP contribution is 2.44. The molecular formula is C25H30N2O5. The largest absolute Gasteiger partial charge is 0.480 e. The van der Waals surface area contributed by atoms with Crippen molar-refractivity contribution in [2.45, 2.75) is 39.2 Å². The van der Waals surface area contributed by atoms with E-state index in [1.807, 2.05) is 50.2 Å². The van der Waals surface area contributed by atoms with Gasteiger partial charge in [0.25, 0.3) is 0 Å². The zero-order chi connectivity index (χ0) is 23.3. The highest BCUT2D eigenvalue weighted by molar-refractivity contribution is 5.88. The molecular weight excluding hydrogens is 408 g/mol. The summed E-state index contributed by atoms with van der Waals surface area (Å²) in [6.45, 7) is 5.62. The van der Waals surface area contributed by atoms with Crippen molar-refractivity contribution in [1.82, 2.24) is 10.2 Å². The molecule has 2 amide bonds. The van der Waals surface area contributed by atoms with Gasteiger partial charge in [0.2, 0.25) is 5.91 Å². The van der Waals surface area contributed by atoms with E-state index in [1.54, 1.807) is 6.92 Å². The van der Waals surface area contributed by atoms with E-state index in [0.29, 0.717) is 13.0 Å². The average Bonchev–Trinajstić information content (AvgIpc) is 3.08. The number of carboxylic acid groups (broad SMARTS) is 1. The van der Waals surface area contributed by atoms with E-state index >= 15 is 0 Å². The van der Waals surface area contributed by atoms with Crippen molar-refractivity contribution in [1.29, 1.82) is 0 Å². The fraction of sp³-hybridized carbons (Fsp3) is 0.400. The number of nitrogens with zero attached hydrogens (tertiary/aromatic N) is 1. The molecule has 32 heavy (non-hydrogen) atoms. The molecule has 0 saturated carbocycles. The minimum atomic E-state index is -1.09.